The fraction of sp³-hybridized carbons (Fsp3) is 0.238. The van der Waals surface area contributed by atoms with Crippen molar-refractivity contribution in [2.45, 2.75) is 11.1 Å². The third-order valence-electron chi connectivity index (χ3n) is 5.07. The van der Waals surface area contributed by atoms with Crippen LogP contribution in [0.1, 0.15) is 16.1 Å². The van der Waals surface area contributed by atoms with Gasteiger partial charge < -0.3 is 10.1 Å². The van der Waals surface area contributed by atoms with Gasteiger partial charge in [-0.15, -0.1) is 0 Å². The van der Waals surface area contributed by atoms with Gasteiger partial charge in [0.15, 0.2) is 5.69 Å². The standard InChI is InChI=1S/C21H18F4N4O4S/c22-14-1-5-16(6-2-14)29-19(21(23,24)25)18(13-26-29)20(30)27-15-3-7-17(8-4-15)34(31,32)28-9-11-33-12-10-28/h1-8,13H,9-12H2,(H,27,30). The van der Waals surface area contributed by atoms with Gasteiger partial charge in [-0.1, -0.05) is 0 Å². The number of hydrogen-bond donors (Lipinski definition) is 1. The molecule has 1 amide bonds. The molecular weight excluding hydrogens is 480 g/mol. The number of nitrogens with zero attached hydrogens (tertiary/aromatic N) is 3. The third kappa shape index (κ3) is 4.81. The van der Waals surface area contributed by atoms with E-state index >= 15 is 0 Å². The van der Waals surface area contributed by atoms with Crippen molar-refractivity contribution in [3.8, 4) is 5.69 Å². The summed E-state index contributed by atoms with van der Waals surface area (Å²) in [4.78, 5) is 12.6. The van der Waals surface area contributed by atoms with Crippen molar-refractivity contribution in [2.75, 3.05) is 31.6 Å². The van der Waals surface area contributed by atoms with E-state index < -0.39 is 39.2 Å². The van der Waals surface area contributed by atoms with Gasteiger partial charge in [-0.3, -0.25) is 4.79 Å². The van der Waals surface area contributed by atoms with Gasteiger partial charge in [-0.25, -0.2) is 17.5 Å². The second kappa shape index (κ2) is 9.16. The summed E-state index contributed by atoms with van der Waals surface area (Å²) >= 11 is 0. The number of benzene rings is 2. The van der Waals surface area contributed by atoms with Crippen molar-refractivity contribution in [3.05, 3.63) is 71.8 Å². The number of alkyl halides is 3. The van der Waals surface area contributed by atoms with Gasteiger partial charge in [0.2, 0.25) is 10.0 Å². The Labute approximate surface area is 191 Å². The number of ether oxygens (including phenoxy) is 1. The second-order valence-electron chi connectivity index (χ2n) is 7.29. The summed E-state index contributed by atoms with van der Waals surface area (Å²) in [5, 5.41) is 5.98. The third-order valence-corrected chi connectivity index (χ3v) is 6.99. The molecule has 4 rings (SSSR count). The molecule has 0 radical (unpaired) electrons. The van der Waals surface area contributed by atoms with Crippen LogP contribution in [0.4, 0.5) is 23.2 Å². The molecule has 1 saturated heterocycles. The van der Waals surface area contributed by atoms with Crippen LogP contribution in [-0.4, -0.2) is 54.7 Å². The van der Waals surface area contributed by atoms with Crippen LogP contribution < -0.4 is 5.32 Å². The fourth-order valence-electron chi connectivity index (χ4n) is 3.41. The molecule has 0 spiro atoms. The maximum absolute atomic E-state index is 13.8. The smallest absolute Gasteiger partial charge is 0.379 e. The average Bonchev–Trinajstić information content (AvgIpc) is 3.27. The number of carbonyl (C=O) groups excluding carboxylic acids is 1. The first kappa shape index (κ1) is 23.9. The molecule has 180 valence electrons. The molecule has 0 unspecified atom stereocenters. The van der Waals surface area contributed by atoms with Crippen molar-refractivity contribution in [2.24, 2.45) is 0 Å². The van der Waals surface area contributed by atoms with E-state index in [0.717, 1.165) is 30.5 Å². The Hall–Kier alpha value is -3.29. The second-order valence-corrected chi connectivity index (χ2v) is 9.23. The summed E-state index contributed by atoms with van der Waals surface area (Å²) in [6, 6.07) is 9.23. The molecule has 1 aliphatic rings. The van der Waals surface area contributed by atoms with Gasteiger partial charge >= 0.3 is 6.18 Å². The lowest BCUT2D eigenvalue weighted by Gasteiger charge is -2.26. The van der Waals surface area contributed by atoms with Gasteiger partial charge in [0.1, 0.15) is 5.82 Å². The zero-order valence-electron chi connectivity index (χ0n) is 17.4. The summed E-state index contributed by atoms with van der Waals surface area (Å²) in [6.45, 7) is 0.971. The van der Waals surface area contributed by atoms with Gasteiger partial charge in [-0.05, 0) is 48.5 Å². The highest BCUT2D eigenvalue weighted by Gasteiger charge is 2.40. The maximum atomic E-state index is 13.8. The number of morpholine rings is 1. The lowest BCUT2D eigenvalue weighted by molar-refractivity contribution is -0.143. The maximum Gasteiger partial charge on any atom is 0.434 e. The predicted octanol–water partition coefficient (Wildman–Crippen LogP) is 3.30. The fourth-order valence-corrected chi connectivity index (χ4v) is 4.82. The van der Waals surface area contributed by atoms with Crippen molar-refractivity contribution < 1.29 is 35.5 Å². The number of amides is 1. The van der Waals surface area contributed by atoms with E-state index in [4.69, 9.17) is 4.74 Å². The minimum atomic E-state index is -4.94. The minimum absolute atomic E-state index is 0.0208. The van der Waals surface area contributed by atoms with Crippen molar-refractivity contribution in [1.29, 1.82) is 0 Å². The van der Waals surface area contributed by atoms with E-state index in [1.165, 1.54) is 28.6 Å². The molecule has 8 nitrogen and oxygen atoms in total. The van der Waals surface area contributed by atoms with Crippen LogP contribution in [0.15, 0.2) is 59.6 Å². The summed E-state index contributed by atoms with van der Waals surface area (Å²) in [5.41, 5.74) is -2.07. The summed E-state index contributed by atoms with van der Waals surface area (Å²) in [7, 11) is -3.76. The molecule has 13 heteroatoms. The highest BCUT2D eigenvalue weighted by atomic mass is 32.2. The monoisotopic (exact) mass is 498 g/mol. The zero-order valence-corrected chi connectivity index (χ0v) is 18.2. The van der Waals surface area contributed by atoms with E-state index in [0.29, 0.717) is 4.68 Å². The van der Waals surface area contributed by atoms with E-state index in [1.807, 2.05) is 0 Å². The molecule has 0 saturated carbocycles. The number of rotatable bonds is 5. The summed E-state index contributed by atoms with van der Waals surface area (Å²) in [5.74, 6) is -1.73. The van der Waals surface area contributed by atoms with E-state index in [-0.39, 0.29) is 42.6 Å². The molecule has 0 aliphatic carbocycles. The topological polar surface area (TPSA) is 93.5 Å². The van der Waals surface area contributed by atoms with Crippen LogP contribution in [0, 0.1) is 5.82 Å². The van der Waals surface area contributed by atoms with Crippen LogP contribution >= 0.6 is 0 Å². The Morgan fingerprint density at radius 2 is 1.62 bits per heavy atom. The summed E-state index contributed by atoms with van der Waals surface area (Å²) < 4.78 is 86.8. The Kier molecular flexibility index (Phi) is 6.43. The van der Waals surface area contributed by atoms with Gasteiger partial charge in [0.05, 0.1) is 35.6 Å². The Balaban J connectivity index is 1.58. The quantitative estimate of drug-likeness (QED) is 0.545. The highest BCUT2D eigenvalue weighted by Crippen LogP contribution is 2.34. The molecule has 1 N–H and O–H groups in total. The van der Waals surface area contributed by atoms with Crippen molar-refractivity contribution >= 4 is 21.6 Å². The largest absolute Gasteiger partial charge is 0.434 e. The van der Waals surface area contributed by atoms with Crippen LogP contribution in [0.25, 0.3) is 5.69 Å². The molecule has 2 aromatic carbocycles. The number of halogens is 4. The first-order chi connectivity index (χ1) is 16.1. The van der Waals surface area contributed by atoms with E-state index in [9.17, 15) is 30.8 Å². The van der Waals surface area contributed by atoms with E-state index in [2.05, 4.69) is 10.4 Å². The van der Waals surface area contributed by atoms with Gasteiger partial charge in [0.25, 0.3) is 5.91 Å². The first-order valence-corrected chi connectivity index (χ1v) is 11.4. The average molecular weight is 498 g/mol. The SMILES string of the molecule is O=C(Nc1ccc(S(=O)(=O)N2CCOCC2)cc1)c1cnn(-c2ccc(F)cc2)c1C(F)(F)F. The number of anilines is 1. The molecule has 1 aliphatic heterocycles. The number of nitrogens with one attached hydrogen (secondary N) is 1. The number of sulfonamides is 1. The molecule has 1 fully saturated rings. The Morgan fingerprint density at radius 3 is 2.21 bits per heavy atom. The molecule has 34 heavy (non-hydrogen) atoms. The highest BCUT2D eigenvalue weighted by molar-refractivity contribution is 7.89. The van der Waals surface area contributed by atoms with E-state index in [1.54, 1.807) is 0 Å². The van der Waals surface area contributed by atoms with Crippen molar-refractivity contribution in [1.82, 2.24) is 14.1 Å². The molecular formula is C21H18F4N4O4S. The minimum Gasteiger partial charge on any atom is -0.379 e. The lowest BCUT2D eigenvalue weighted by atomic mass is 10.2. The normalized spacial score (nSPS) is 15.3. The number of carbonyl (C=O) groups is 1. The Bertz CT molecular complexity index is 1280. The van der Waals surface area contributed by atoms with Crippen LogP contribution in [0.5, 0.6) is 0 Å². The zero-order chi connectivity index (χ0) is 24.5. The first-order valence-electron chi connectivity index (χ1n) is 9.98. The molecule has 0 atom stereocenters. The number of hydrogen-bond acceptors (Lipinski definition) is 5. The van der Waals surface area contributed by atoms with Gasteiger partial charge in [-0.2, -0.15) is 22.6 Å². The molecule has 2 heterocycles. The molecule has 0 bridgehead atoms. The van der Waals surface area contributed by atoms with Gasteiger partial charge in [0, 0.05) is 18.8 Å². The predicted molar refractivity (Wildman–Crippen MR) is 112 cm³/mol. The Morgan fingerprint density at radius 1 is 1.00 bits per heavy atom. The van der Waals surface area contributed by atoms with Crippen molar-refractivity contribution in [3.63, 3.8) is 0 Å². The van der Waals surface area contributed by atoms with Crippen LogP contribution in [0.3, 0.4) is 0 Å². The number of aromatic nitrogens is 2. The molecule has 1 aromatic heterocycles. The van der Waals surface area contributed by atoms with Crippen LogP contribution in [0.2, 0.25) is 0 Å². The van der Waals surface area contributed by atoms with Crippen LogP contribution in [-0.2, 0) is 20.9 Å². The molecule has 3 aromatic rings. The summed E-state index contributed by atoms with van der Waals surface area (Å²) in [6.07, 6.45) is -4.17. The lowest BCUT2D eigenvalue weighted by Crippen LogP contribution is -2.40.